The first kappa shape index (κ1) is 12.1. The molecule has 3 nitrogen and oxygen atoms in total. The van der Waals surface area contributed by atoms with E-state index in [2.05, 4.69) is 5.32 Å². The van der Waals surface area contributed by atoms with Crippen molar-refractivity contribution in [2.45, 2.75) is 19.0 Å². The number of aliphatic hydroxyl groups is 2. The van der Waals surface area contributed by atoms with Crippen molar-refractivity contribution >= 4 is 0 Å². The summed E-state index contributed by atoms with van der Waals surface area (Å²) in [6.07, 6.45) is 0. The normalized spacial score (nSPS) is 13.1. The number of nitrogens with one attached hydrogen (secondary N) is 1. The Kier molecular flexibility index (Phi) is 4.68. The van der Waals surface area contributed by atoms with Crippen molar-refractivity contribution < 1.29 is 14.6 Å². The van der Waals surface area contributed by atoms with Crippen molar-refractivity contribution in [2.24, 2.45) is 0 Å². The molecule has 84 valence electrons. The molecule has 0 saturated carbocycles. The lowest BCUT2D eigenvalue weighted by atomic mass is 10.1. The SMILES string of the molecule is C[C@H](NC(CO)CO)c1cccc(F)c1. The van der Waals surface area contributed by atoms with Gasteiger partial charge in [-0.15, -0.1) is 0 Å². The van der Waals surface area contributed by atoms with Crippen LogP contribution >= 0.6 is 0 Å². The standard InChI is InChI=1S/C11H16FNO2/c1-8(13-11(6-14)7-15)9-3-2-4-10(12)5-9/h2-5,8,11,13-15H,6-7H2,1H3/t8-/m0/s1. The summed E-state index contributed by atoms with van der Waals surface area (Å²) in [7, 11) is 0. The molecule has 0 spiro atoms. The van der Waals surface area contributed by atoms with Crippen LogP contribution in [-0.4, -0.2) is 29.5 Å². The molecule has 3 N–H and O–H groups in total. The Morgan fingerprint density at radius 2 is 2.00 bits per heavy atom. The summed E-state index contributed by atoms with van der Waals surface area (Å²) in [5.74, 6) is -0.286. The molecule has 0 saturated heterocycles. The van der Waals surface area contributed by atoms with E-state index >= 15 is 0 Å². The van der Waals surface area contributed by atoms with Gasteiger partial charge in [-0.3, -0.25) is 0 Å². The molecule has 0 radical (unpaired) electrons. The van der Waals surface area contributed by atoms with Gasteiger partial charge in [-0.2, -0.15) is 0 Å². The lowest BCUT2D eigenvalue weighted by Crippen LogP contribution is -2.37. The van der Waals surface area contributed by atoms with Crippen LogP contribution in [0, 0.1) is 5.82 Å². The maximum absolute atomic E-state index is 12.9. The van der Waals surface area contributed by atoms with E-state index in [1.165, 1.54) is 12.1 Å². The molecule has 0 amide bonds. The average molecular weight is 213 g/mol. The van der Waals surface area contributed by atoms with E-state index in [1.54, 1.807) is 12.1 Å². The summed E-state index contributed by atoms with van der Waals surface area (Å²) in [5.41, 5.74) is 0.793. The topological polar surface area (TPSA) is 52.5 Å². The molecule has 15 heavy (non-hydrogen) atoms. The Morgan fingerprint density at radius 3 is 2.53 bits per heavy atom. The van der Waals surface area contributed by atoms with Gasteiger partial charge in [0.25, 0.3) is 0 Å². The van der Waals surface area contributed by atoms with Crippen LogP contribution in [0.4, 0.5) is 4.39 Å². The van der Waals surface area contributed by atoms with Crippen LogP contribution in [0.5, 0.6) is 0 Å². The van der Waals surface area contributed by atoms with Crippen molar-refractivity contribution in [1.82, 2.24) is 5.32 Å². The van der Waals surface area contributed by atoms with Crippen LogP contribution in [0.1, 0.15) is 18.5 Å². The Bertz CT molecular complexity index is 302. The molecule has 0 aliphatic heterocycles. The third-order valence-corrected chi connectivity index (χ3v) is 2.28. The van der Waals surface area contributed by atoms with Gasteiger partial charge in [-0.1, -0.05) is 12.1 Å². The van der Waals surface area contributed by atoms with Gasteiger partial charge in [0.05, 0.1) is 19.3 Å². The maximum Gasteiger partial charge on any atom is 0.123 e. The van der Waals surface area contributed by atoms with Gasteiger partial charge in [-0.25, -0.2) is 4.39 Å². The van der Waals surface area contributed by atoms with Gasteiger partial charge in [0.2, 0.25) is 0 Å². The number of halogens is 1. The zero-order chi connectivity index (χ0) is 11.3. The molecule has 0 unspecified atom stereocenters. The Morgan fingerprint density at radius 1 is 1.33 bits per heavy atom. The summed E-state index contributed by atoms with van der Waals surface area (Å²) >= 11 is 0. The quantitative estimate of drug-likeness (QED) is 0.679. The summed E-state index contributed by atoms with van der Waals surface area (Å²) in [4.78, 5) is 0. The fourth-order valence-corrected chi connectivity index (χ4v) is 1.39. The van der Waals surface area contributed by atoms with Crippen LogP contribution in [-0.2, 0) is 0 Å². The zero-order valence-corrected chi connectivity index (χ0v) is 8.65. The summed E-state index contributed by atoms with van der Waals surface area (Å²) < 4.78 is 12.9. The molecule has 1 aromatic carbocycles. The largest absolute Gasteiger partial charge is 0.395 e. The molecule has 0 aliphatic carbocycles. The first-order valence-electron chi connectivity index (χ1n) is 4.90. The van der Waals surface area contributed by atoms with Gasteiger partial charge in [0, 0.05) is 6.04 Å². The average Bonchev–Trinajstić information content (AvgIpc) is 2.25. The third kappa shape index (κ3) is 3.58. The second-order valence-corrected chi connectivity index (χ2v) is 3.51. The monoisotopic (exact) mass is 213 g/mol. The highest BCUT2D eigenvalue weighted by atomic mass is 19.1. The van der Waals surface area contributed by atoms with Crippen molar-refractivity contribution in [3.05, 3.63) is 35.6 Å². The third-order valence-electron chi connectivity index (χ3n) is 2.28. The molecule has 0 aromatic heterocycles. The van der Waals surface area contributed by atoms with Crippen molar-refractivity contribution in [1.29, 1.82) is 0 Å². The Hall–Kier alpha value is -0.970. The molecular weight excluding hydrogens is 197 g/mol. The second-order valence-electron chi connectivity index (χ2n) is 3.51. The highest BCUT2D eigenvalue weighted by Crippen LogP contribution is 2.13. The molecule has 0 fully saturated rings. The number of aliphatic hydroxyl groups excluding tert-OH is 2. The van der Waals surface area contributed by atoms with E-state index in [0.29, 0.717) is 0 Å². The minimum atomic E-state index is -0.372. The second kappa shape index (κ2) is 5.80. The number of benzene rings is 1. The van der Waals surface area contributed by atoms with E-state index in [4.69, 9.17) is 10.2 Å². The predicted molar refractivity (Wildman–Crippen MR) is 55.9 cm³/mol. The van der Waals surface area contributed by atoms with Crippen LogP contribution in [0.3, 0.4) is 0 Å². The minimum absolute atomic E-state index is 0.106. The zero-order valence-electron chi connectivity index (χ0n) is 8.65. The van der Waals surface area contributed by atoms with E-state index in [1.807, 2.05) is 6.92 Å². The highest BCUT2D eigenvalue weighted by molar-refractivity contribution is 5.19. The number of hydrogen-bond donors (Lipinski definition) is 3. The summed E-state index contributed by atoms with van der Waals surface area (Å²) in [5, 5.41) is 20.8. The minimum Gasteiger partial charge on any atom is -0.395 e. The molecule has 1 rings (SSSR count). The molecule has 4 heteroatoms. The Labute approximate surface area is 88.6 Å². The van der Waals surface area contributed by atoms with Gasteiger partial charge < -0.3 is 15.5 Å². The molecule has 0 heterocycles. The summed E-state index contributed by atoms with van der Waals surface area (Å²) in [6, 6.07) is 5.77. The molecule has 1 atom stereocenters. The first-order valence-corrected chi connectivity index (χ1v) is 4.90. The van der Waals surface area contributed by atoms with Crippen LogP contribution in [0.25, 0.3) is 0 Å². The van der Waals surface area contributed by atoms with Crippen molar-refractivity contribution in [3.63, 3.8) is 0 Å². The smallest absolute Gasteiger partial charge is 0.123 e. The van der Waals surface area contributed by atoms with E-state index < -0.39 is 0 Å². The molecule has 1 aromatic rings. The van der Waals surface area contributed by atoms with E-state index in [0.717, 1.165) is 5.56 Å². The van der Waals surface area contributed by atoms with E-state index in [-0.39, 0.29) is 31.1 Å². The molecular formula is C11H16FNO2. The lowest BCUT2D eigenvalue weighted by Gasteiger charge is -2.20. The summed E-state index contributed by atoms with van der Waals surface area (Å²) in [6.45, 7) is 1.57. The van der Waals surface area contributed by atoms with Crippen LogP contribution in [0.2, 0.25) is 0 Å². The molecule has 0 aliphatic rings. The Balaban J connectivity index is 2.64. The van der Waals surface area contributed by atoms with Gasteiger partial charge in [0.1, 0.15) is 5.82 Å². The van der Waals surface area contributed by atoms with Gasteiger partial charge in [0.15, 0.2) is 0 Å². The van der Waals surface area contributed by atoms with Gasteiger partial charge >= 0.3 is 0 Å². The van der Waals surface area contributed by atoms with Crippen molar-refractivity contribution in [2.75, 3.05) is 13.2 Å². The lowest BCUT2D eigenvalue weighted by molar-refractivity contribution is 0.163. The van der Waals surface area contributed by atoms with E-state index in [9.17, 15) is 4.39 Å². The number of hydrogen-bond acceptors (Lipinski definition) is 3. The predicted octanol–water partition coefficient (Wildman–Crippen LogP) is 0.829. The van der Waals surface area contributed by atoms with Crippen molar-refractivity contribution in [3.8, 4) is 0 Å². The molecule has 0 bridgehead atoms. The fourth-order valence-electron chi connectivity index (χ4n) is 1.39. The first-order chi connectivity index (χ1) is 7.17. The van der Waals surface area contributed by atoms with Crippen LogP contribution in [0.15, 0.2) is 24.3 Å². The van der Waals surface area contributed by atoms with Crippen LogP contribution < -0.4 is 5.32 Å². The highest BCUT2D eigenvalue weighted by Gasteiger charge is 2.11. The fraction of sp³-hybridized carbons (Fsp3) is 0.455. The van der Waals surface area contributed by atoms with Gasteiger partial charge in [-0.05, 0) is 24.6 Å². The number of rotatable bonds is 5. The maximum atomic E-state index is 12.9.